The fraction of sp³-hybridized carbons (Fsp3) is 0.417. The molecule has 1 aliphatic rings. The Bertz CT molecular complexity index is 476. The standard InChI is InChI=1S/C12H11ClFNO/c1-8-3-4-9(14)11(13)10(8)12(15-7-16)5-2-6-12/h3-4H,2,5-6H2,1H3. The zero-order valence-corrected chi connectivity index (χ0v) is 9.64. The van der Waals surface area contributed by atoms with Gasteiger partial charge in [-0.1, -0.05) is 17.7 Å². The van der Waals surface area contributed by atoms with Crippen LogP contribution in [0.3, 0.4) is 0 Å². The lowest BCUT2D eigenvalue weighted by Gasteiger charge is -2.38. The van der Waals surface area contributed by atoms with Crippen LogP contribution in [0.1, 0.15) is 30.4 Å². The molecule has 84 valence electrons. The molecule has 0 spiro atoms. The van der Waals surface area contributed by atoms with Crippen molar-refractivity contribution in [1.29, 1.82) is 0 Å². The molecule has 0 aliphatic heterocycles. The number of carbonyl (C=O) groups excluding carboxylic acids is 1. The predicted octanol–water partition coefficient (Wildman–Crippen LogP) is 3.50. The first-order valence-corrected chi connectivity index (χ1v) is 5.53. The molecule has 2 rings (SSSR count). The first-order valence-electron chi connectivity index (χ1n) is 5.15. The Morgan fingerprint density at radius 3 is 2.69 bits per heavy atom. The Morgan fingerprint density at radius 1 is 1.50 bits per heavy atom. The van der Waals surface area contributed by atoms with Gasteiger partial charge in [0, 0.05) is 5.56 Å². The van der Waals surface area contributed by atoms with Gasteiger partial charge >= 0.3 is 0 Å². The first-order chi connectivity index (χ1) is 7.60. The lowest BCUT2D eigenvalue weighted by molar-refractivity contribution is 0.254. The Hall–Kier alpha value is -1.18. The Balaban J connectivity index is 2.62. The number of nitrogens with zero attached hydrogens (tertiary/aromatic N) is 1. The molecule has 0 aromatic heterocycles. The topological polar surface area (TPSA) is 29.4 Å². The molecular weight excluding hydrogens is 229 g/mol. The van der Waals surface area contributed by atoms with Gasteiger partial charge in [0.15, 0.2) is 0 Å². The molecule has 0 radical (unpaired) electrons. The third kappa shape index (κ3) is 1.57. The van der Waals surface area contributed by atoms with Crippen molar-refractivity contribution in [3.63, 3.8) is 0 Å². The second kappa shape index (κ2) is 4.00. The van der Waals surface area contributed by atoms with E-state index in [0.717, 1.165) is 24.8 Å². The molecule has 2 nitrogen and oxygen atoms in total. The number of rotatable bonds is 2. The quantitative estimate of drug-likeness (QED) is 0.574. The van der Waals surface area contributed by atoms with Crippen LogP contribution in [0, 0.1) is 12.7 Å². The van der Waals surface area contributed by atoms with E-state index in [-0.39, 0.29) is 5.02 Å². The predicted molar refractivity (Wildman–Crippen MR) is 59.8 cm³/mol. The molecule has 1 aliphatic carbocycles. The summed E-state index contributed by atoms with van der Waals surface area (Å²) in [5.74, 6) is -0.463. The smallest absolute Gasteiger partial charge is 0.211 e. The van der Waals surface area contributed by atoms with E-state index in [9.17, 15) is 9.18 Å². The molecule has 1 aromatic rings. The van der Waals surface area contributed by atoms with Gasteiger partial charge in [0.25, 0.3) is 0 Å². The third-order valence-corrected chi connectivity index (χ3v) is 3.58. The third-order valence-electron chi connectivity index (χ3n) is 3.21. The molecule has 0 N–H and O–H groups in total. The number of aryl methyl sites for hydroxylation is 1. The molecule has 0 unspecified atom stereocenters. The van der Waals surface area contributed by atoms with Gasteiger partial charge in [-0.15, -0.1) is 0 Å². The molecule has 1 saturated carbocycles. The van der Waals surface area contributed by atoms with Gasteiger partial charge in [-0.3, -0.25) is 0 Å². The summed E-state index contributed by atoms with van der Waals surface area (Å²) in [5, 5.41) is 0.0821. The zero-order valence-electron chi connectivity index (χ0n) is 8.89. The number of halogens is 2. The van der Waals surface area contributed by atoms with E-state index in [4.69, 9.17) is 11.6 Å². The van der Waals surface area contributed by atoms with Gasteiger partial charge in [-0.05, 0) is 37.8 Å². The number of isocyanates is 1. The van der Waals surface area contributed by atoms with E-state index >= 15 is 0 Å². The highest BCUT2D eigenvalue weighted by Gasteiger charge is 2.42. The molecule has 16 heavy (non-hydrogen) atoms. The lowest BCUT2D eigenvalue weighted by Crippen LogP contribution is -2.33. The van der Waals surface area contributed by atoms with Gasteiger partial charge in [0.1, 0.15) is 5.82 Å². The molecule has 0 amide bonds. The minimum absolute atomic E-state index is 0.0821. The van der Waals surface area contributed by atoms with Crippen molar-refractivity contribution in [2.45, 2.75) is 31.7 Å². The van der Waals surface area contributed by atoms with Gasteiger partial charge in [0.05, 0.1) is 10.6 Å². The molecule has 0 saturated heterocycles. The highest BCUT2D eigenvalue weighted by molar-refractivity contribution is 6.31. The van der Waals surface area contributed by atoms with Crippen LogP contribution in [0.25, 0.3) is 0 Å². The highest BCUT2D eigenvalue weighted by atomic mass is 35.5. The Labute approximate surface area is 98.1 Å². The van der Waals surface area contributed by atoms with Crippen molar-refractivity contribution in [1.82, 2.24) is 0 Å². The molecule has 0 bridgehead atoms. The Morgan fingerprint density at radius 2 is 2.19 bits per heavy atom. The van der Waals surface area contributed by atoms with E-state index in [1.807, 2.05) is 6.92 Å². The molecule has 1 fully saturated rings. The van der Waals surface area contributed by atoms with Crippen LogP contribution in [-0.4, -0.2) is 6.08 Å². The largest absolute Gasteiger partial charge is 0.235 e. The molecular formula is C12H11ClFNO. The van der Waals surface area contributed by atoms with E-state index in [0.29, 0.717) is 5.56 Å². The summed E-state index contributed by atoms with van der Waals surface area (Å²) in [7, 11) is 0. The number of benzene rings is 1. The highest BCUT2D eigenvalue weighted by Crippen LogP contribution is 2.48. The summed E-state index contributed by atoms with van der Waals surface area (Å²) in [6, 6.07) is 3.00. The monoisotopic (exact) mass is 239 g/mol. The second-order valence-corrected chi connectivity index (χ2v) is 4.52. The van der Waals surface area contributed by atoms with E-state index in [1.165, 1.54) is 6.07 Å². The average molecular weight is 240 g/mol. The van der Waals surface area contributed by atoms with Crippen LogP contribution in [-0.2, 0) is 10.3 Å². The SMILES string of the molecule is Cc1ccc(F)c(Cl)c1C1(N=C=O)CCC1. The van der Waals surface area contributed by atoms with Crippen LogP contribution < -0.4 is 0 Å². The molecule has 1 aromatic carbocycles. The lowest BCUT2D eigenvalue weighted by atomic mass is 9.71. The zero-order chi connectivity index (χ0) is 11.8. The maximum absolute atomic E-state index is 13.4. The van der Waals surface area contributed by atoms with Gasteiger partial charge in [-0.25, -0.2) is 9.18 Å². The fourth-order valence-corrected chi connectivity index (χ4v) is 2.62. The summed E-state index contributed by atoms with van der Waals surface area (Å²) < 4.78 is 13.4. The van der Waals surface area contributed by atoms with Crippen molar-refractivity contribution in [3.05, 3.63) is 34.1 Å². The fourth-order valence-electron chi connectivity index (χ4n) is 2.24. The van der Waals surface area contributed by atoms with Crippen LogP contribution in [0.5, 0.6) is 0 Å². The summed E-state index contributed by atoms with van der Waals surface area (Å²) in [5.41, 5.74) is 0.874. The number of hydrogen-bond acceptors (Lipinski definition) is 2. The van der Waals surface area contributed by atoms with Crippen LogP contribution in [0.15, 0.2) is 17.1 Å². The molecule has 0 heterocycles. The maximum Gasteiger partial charge on any atom is 0.235 e. The molecule has 4 heteroatoms. The van der Waals surface area contributed by atoms with Crippen LogP contribution >= 0.6 is 11.6 Å². The van der Waals surface area contributed by atoms with E-state index in [2.05, 4.69) is 4.99 Å². The van der Waals surface area contributed by atoms with E-state index in [1.54, 1.807) is 12.1 Å². The van der Waals surface area contributed by atoms with Gasteiger partial charge in [0.2, 0.25) is 6.08 Å². The normalized spacial score (nSPS) is 17.4. The summed E-state index contributed by atoms with van der Waals surface area (Å²) >= 11 is 5.97. The van der Waals surface area contributed by atoms with Crippen molar-refractivity contribution in [2.75, 3.05) is 0 Å². The van der Waals surface area contributed by atoms with Crippen molar-refractivity contribution < 1.29 is 9.18 Å². The van der Waals surface area contributed by atoms with Crippen molar-refractivity contribution in [2.24, 2.45) is 4.99 Å². The van der Waals surface area contributed by atoms with Crippen molar-refractivity contribution in [3.8, 4) is 0 Å². The van der Waals surface area contributed by atoms with E-state index < -0.39 is 11.4 Å². The number of aliphatic imine (C=N–C) groups is 1. The average Bonchev–Trinajstić information content (AvgIpc) is 2.20. The summed E-state index contributed by atoms with van der Waals surface area (Å²) in [4.78, 5) is 14.3. The number of hydrogen-bond donors (Lipinski definition) is 0. The maximum atomic E-state index is 13.4. The van der Waals surface area contributed by atoms with Crippen LogP contribution in [0.4, 0.5) is 4.39 Å². The van der Waals surface area contributed by atoms with Crippen molar-refractivity contribution >= 4 is 17.7 Å². The molecule has 0 atom stereocenters. The minimum atomic E-state index is -0.634. The van der Waals surface area contributed by atoms with Crippen LogP contribution in [0.2, 0.25) is 5.02 Å². The summed E-state index contributed by atoms with van der Waals surface area (Å²) in [6.45, 7) is 1.85. The Kier molecular flexibility index (Phi) is 2.83. The minimum Gasteiger partial charge on any atom is -0.211 e. The first kappa shape index (κ1) is 11.3. The van der Waals surface area contributed by atoms with Gasteiger partial charge in [-0.2, -0.15) is 4.99 Å². The second-order valence-electron chi connectivity index (χ2n) is 4.14. The summed E-state index contributed by atoms with van der Waals surface area (Å²) in [6.07, 6.45) is 4.00. The van der Waals surface area contributed by atoms with Gasteiger partial charge < -0.3 is 0 Å².